The van der Waals surface area contributed by atoms with Crippen LogP contribution >= 0.6 is 0 Å². The molecule has 1 aromatic carbocycles. The molecule has 186 valence electrons. The van der Waals surface area contributed by atoms with Crippen molar-refractivity contribution in [2.45, 2.75) is 58.5 Å². The zero-order chi connectivity index (χ0) is 25.2. The van der Waals surface area contributed by atoms with E-state index in [9.17, 15) is 18.8 Å². The SMILES string of the molecule is CC(C)(C)C1CCC2(CC1)NC(=O)N(CC(=O)NCc1ccc(Oc3cccnc3)c(F)c1)C2=O. The predicted octanol–water partition coefficient (Wildman–Crippen LogP) is 4.16. The molecule has 1 saturated carbocycles. The maximum atomic E-state index is 14.4. The van der Waals surface area contributed by atoms with Crippen LogP contribution < -0.4 is 15.4 Å². The van der Waals surface area contributed by atoms with Gasteiger partial charge in [-0.25, -0.2) is 9.18 Å². The summed E-state index contributed by atoms with van der Waals surface area (Å²) in [7, 11) is 0. The quantitative estimate of drug-likeness (QED) is 0.603. The number of benzene rings is 1. The zero-order valence-electron chi connectivity index (χ0n) is 20.3. The second-order valence-corrected chi connectivity index (χ2v) is 10.4. The molecule has 2 N–H and O–H groups in total. The standard InChI is InChI=1S/C26H31FN4O4/c1-25(2,3)18-8-10-26(11-9-18)23(33)31(24(34)30-26)16-22(32)29-14-17-6-7-21(20(27)13-17)35-19-5-4-12-28-15-19/h4-7,12-13,15,18H,8-11,14,16H2,1-3H3,(H,29,32)(H,30,34). The van der Waals surface area contributed by atoms with Gasteiger partial charge in [0.1, 0.15) is 17.8 Å². The topological polar surface area (TPSA) is 101 Å². The number of aromatic nitrogens is 1. The van der Waals surface area contributed by atoms with Crippen LogP contribution in [0.3, 0.4) is 0 Å². The van der Waals surface area contributed by atoms with Gasteiger partial charge < -0.3 is 15.4 Å². The molecule has 0 unspecified atom stereocenters. The molecule has 2 aromatic rings. The van der Waals surface area contributed by atoms with E-state index in [0.29, 0.717) is 30.1 Å². The molecule has 1 aromatic heterocycles. The molecule has 1 spiro atoms. The van der Waals surface area contributed by atoms with Crippen LogP contribution in [0, 0.1) is 17.2 Å². The van der Waals surface area contributed by atoms with Crippen molar-refractivity contribution >= 4 is 17.8 Å². The van der Waals surface area contributed by atoms with Crippen molar-refractivity contribution in [1.82, 2.24) is 20.5 Å². The fraction of sp³-hybridized carbons (Fsp3) is 0.462. The van der Waals surface area contributed by atoms with Crippen LogP contribution in [0.15, 0.2) is 42.7 Å². The Labute approximate surface area is 204 Å². The van der Waals surface area contributed by atoms with Gasteiger partial charge in [-0.1, -0.05) is 26.8 Å². The lowest BCUT2D eigenvalue weighted by molar-refractivity contribution is -0.136. The summed E-state index contributed by atoms with van der Waals surface area (Å²) in [6.07, 6.45) is 5.91. The minimum atomic E-state index is -0.910. The van der Waals surface area contributed by atoms with E-state index in [1.165, 1.54) is 18.3 Å². The second-order valence-electron chi connectivity index (χ2n) is 10.4. The molecule has 1 aliphatic heterocycles. The number of halogens is 1. The monoisotopic (exact) mass is 482 g/mol. The molecule has 2 heterocycles. The number of amides is 4. The summed E-state index contributed by atoms with van der Waals surface area (Å²) in [4.78, 5) is 43.0. The molecule has 0 bridgehead atoms. The summed E-state index contributed by atoms with van der Waals surface area (Å²) in [5, 5.41) is 5.49. The van der Waals surface area contributed by atoms with Gasteiger partial charge in [0.2, 0.25) is 5.91 Å². The van der Waals surface area contributed by atoms with E-state index in [1.54, 1.807) is 24.4 Å². The van der Waals surface area contributed by atoms with Crippen LogP contribution in [0.4, 0.5) is 9.18 Å². The number of carbonyl (C=O) groups is 3. The van der Waals surface area contributed by atoms with Gasteiger partial charge in [0, 0.05) is 12.7 Å². The van der Waals surface area contributed by atoms with E-state index in [-0.39, 0.29) is 30.2 Å². The number of urea groups is 1. The molecule has 8 nitrogen and oxygen atoms in total. The number of nitrogens with one attached hydrogen (secondary N) is 2. The molecule has 4 amide bonds. The van der Waals surface area contributed by atoms with Crippen LogP contribution in [0.1, 0.15) is 52.0 Å². The maximum Gasteiger partial charge on any atom is 0.325 e. The Bertz CT molecular complexity index is 1110. The van der Waals surface area contributed by atoms with Crippen molar-refractivity contribution < 1.29 is 23.5 Å². The largest absolute Gasteiger partial charge is 0.453 e. The molecule has 1 aliphatic carbocycles. The van der Waals surface area contributed by atoms with Crippen molar-refractivity contribution in [3.63, 3.8) is 0 Å². The predicted molar refractivity (Wildman–Crippen MR) is 127 cm³/mol. The lowest BCUT2D eigenvalue weighted by atomic mass is 9.67. The number of imide groups is 1. The second kappa shape index (κ2) is 9.64. The highest BCUT2D eigenvalue weighted by molar-refractivity contribution is 6.09. The number of nitrogens with zero attached hydrogens (tertiary/aromatic N) is 2. The Morgan fingerprint density at radius 3 is 2.63 bits per heavy atom. The highest BCUT2D eigenvalue weighted by Crippen LogP contribution is 2.43. The first-order chi connectivity index (χ1) is 16.6. The smallest absolute Gasteiger partial charge is 0.325 e. The molecule has 2 aliphatic rings. The van der Waals surface area contributed by atoms with Crippen molar-refractivity contribution in [3.05, 3.63) is 54.1 Å². The number of hydrogen-bond acceptors (Lipinski definition) is 5. The molecule has 2 fully saturated rings. The van der Waals surface area contributed by atoms with Crippen LogP contribution in [0.5, 0.6) is 11.5 Å². The van der Waals surface area contributed by atoms with E-state index in [2.05, 4.69) is 36.4 Å². The van der Waals surface area contributed by atoms with Crippen LogP contribution in [-0.2, 0) is 16.1 Å². The lowest BCUT2D eigenvalue weighted by Gasteiger charge is -2.40. The van der Waals surface area contributed by atoms with Gasteiger partial charge in [0.25, 0.3) is 5.91 Å². The molecule has 0 atom stereocenters. The average molecular weight is 483 g/mol. The molecule has 35 heavy (non-hydrogen) atoms. The summed E-state index contributed by atoms with van der Waals surface area (Å²) in [6, 6.07) is 7.17. The van der Waals surface area contributed by atoms with Crippen molar-refractivity contribution in [1.29, 1.82) is 0 Å². The van der Waals surface area contributed by atoms with E-state index < -0.39 is 23.3 Å². The Hall–Kier alpha value is -3.49. The summed E-state index contributed by atoms with van der Waals surface area (Å²) in [6.45, 7) is 6.24. The van der Waals surface area contributed by atoms with Crippen molar-refractivity contribution in [2.24, 2.45) is 11.3 Å². The fourth-order valence-electron chi connectivity index (χ4n) is 4.81. The normalized spacial score (nSPS) is 22.3. The Kier molecular flexibility index (Phi) is 6.78. The Morgan fingerprint density at radius 2 is 2.00 bits per heavy atom. The first-order valence-electron chi connectivity index (χ1n) is 11.8. The average Bonchev–Trinajstić information content (AvgIpc) is 3.03. The number of carbonyl (C=O) groups excluding carboxylic acids is 3. The van der Waals surface area contributed by atoms with E-state index in [1.807, 2.05) is 0 Å². The first kappa shape index (κ1) is 24.6. The van der Waals surface area contributed by atoms with Gasteiger partial charge in [-0.2, -0.15) is 0 Å². The number of rotatable bonds is 6. The van der Waals surface area contributed by atoms with Crippen LogP contribution in [0.2, 0.25) is 0 Å². The number of hydrogen-bond donors (Lipinski definition) is 2. The van der Waals surface area contributed by atoms with Crippen LogP contribution in [0.25, 0.3) is 0 Å². The summed E-state index contributed by atoms with van der Waals surface area (Å²) >= 11 is 0. The van der Waals surface area contributed by atoms with Gasteiger partial charge >= 0.3 is 6.03 Å². The van der Waals surface area contributed by atoms with E-state index in [0.717, 1.165) is 17.7 Å². The fourth-order valence-corrected chi connectivity index (χ4v) is 4.81. The Morgan fingerprint density at radius 1 is 1.26 bits per heavy atom. The summed E-state index contributed by atoms with van der Waals surface area (Å²) in [5.41, 5.74) is -0.245. The molecule has 1 saturated heterocycles. The molecular formula is C26H31FN4O4. The number of ether oxygens (including phenoxy) is 1. The third-order valence-electron chi connectivity index (χ3n) is 6.96. The first-order valence-corrected chi connectivity index (χ1v) is 11.8. The van der Waals surface area contributed by atoms with Crippen LogP contribution in [-0.4, -0.2) is 39.8 Å². The van der Waals surface area contributed by atoms with E-state index >= 15 is 0 Å². The maximum absolute atomic E-state index is 14.4. The van der Waals surface area contributed by atoms with Gasteiger partial charge in [0.15, 0.2) is 11.6 Å². The lowest BCUT2D eigenvalue weighted by Crippen LogP contribution is -2.51. The highest BCUT2D eigenvalue weighted by atomic mass is 19.1. The third-order valence-corrected chi connectivity index (χ3v) is 6.96. The highest BCUT2D eigenvalue weighted by Gasteiger charge is 2.53. The van der Waals surface area contributed by atoms with Gasteiger partial charge in [-0.05, 0) is 66.8 Å². The Balaban J connectivity index is 1.31. The van der Waals surface area contributed by atoms with E-state index in [4.69, 9.17) is 4.74 Å². The molecule has 0 radical (unpaired) electrons. The summed E-state index contributed by atoms with van der Waals surface area (Å²) < 4.78 is 19.9. The minimum absolute atomic E-state index is 0.0406. The van der Waals surface area contributed by atoms with Crippen molar-refractivity contribution in [2.75, 3.05) is 6.54 Å². The molecule has 4 rings (SSSR count). The van der Waals surface area contributed by atoms with Gasteiger partial charge in [-0.15, -0.1) is 0 Å². The molecule has 9 heteroatoms. The number of pyridine rings is 1. The zero-order valence-corrected chi connectivity index (χ0v) is 20.3. The summed E-state index contributed by atoms with van der Waals surface area (Å²) in [5.74, 6) is -0.484. The third kappa shape index (κ3) is 5.44. The van der Waals surface area contributed by atoms with Gasteiger partial charge in [-0.3, -0.25) is 19.5 Å². The minimum Gasteiger partial charge on any atom is -0.453 e. The molecular weight excluding hydrogens is 451 g/mol. The van der Waals surface area contributed by atoms with Crippen molar-refractivity contribution in [3.8, 4) is 11.5 Å². The van der Waals surface area contributed by atoms with Gasteiger partial charge in [0.05, 0.1) is 6.20 Å².